The molecule has 0 heterocycles. The third-order valence-corrected chi connectivity index (χ3v) is 5.22. The zero-order chi connectivity index (χ0) is 92.0. The van der Waals surface area contributed by atoms with Crippen molar-refractivity contribution in [2.45, 2.75) is 347 Å². The lowest BCUT2D eigenvalue weighted by Crippen LogP contribution is -2.00. The Hall–Kier alpha value is 0. The normalized spacial score (nSPS) is 26.9. The molecular weight excluding hydrogens is 745 g/mol. The van der Waals surface area contributed by atoms with Gasteiger partial charge in [0, 0.05) is 60.3 Å². The van der Waals surface area contributed by atoms with E-state index in [-0.39, 0.29) is 28.5 Å². The Morgan fingerprint density at radius 2 is 0.629 bits per heavy atom. The first-order chi connectivity index (χ1) is 43.8. The van der Waals surface area contributed by atoms with Crippen molar-refractivity contribution in [2.24, 2.45) is 62.0 Å². The highest BCUT2D eigenvalue weighted by Gasteiger charge is 2.05. The van der Waals surface area contributed by atoms with Gasteiger partial charge in [0.25, 0.3) is 0 Å². The lowest BCUT2D eigenvalue weighted by Gasteiger charge is -2.12. The van der Waals surface area contributed by atoms with Crippen LogP contribution in [0.25, 0.3) is 0 Å². The molecule has 0 N–H and O–H groups in total. The second-order valence-electron chi connectivity index (χ2n) is 18.9. The van der Waals surface area contributed by atoms with Crippen molar-refractivity contribution in [3.8, 4) is 0 Å². The maximum absolute atomic E-state index is 7.53. The maximum Gasteiger partial charge on any atom is 0.0300 e. The van der Waals surface area contributed by atoms with Crippen LogP contribution in [0.15, 0.2) is 0 Å². The van der Waals surface area contributed by atoms with Gasteiger partial charge in [0.15, 0.2) is 0 Å². The molecule has 0 nitrogen and oxygen atoms in total. The van der Waals surface area contributed by atoms with Gasteiger partial charge in [-0.05, 0) is 62.0 Å². The molecule has 2 atom stereocenters. The minimum Gasteiger partial charge on any atom is -0.0683 e. The lowest BCUT2D eigenvalue weighted by molar-refractivity contribution is 0.397. The van der Waals surface area contributed by atoms with E-state index in [1.165, 1.54) is 13.8 Å². The van der Waals surface area contributed by atoms with Gasteiger partial charge in [-0.3, -0.25) is 0 Å². The van der Waals surface area contributed by atoms with Crippen LogP contribution in [0.3, 0.4) is 0 Å². The molecule has 0 bridgehead atoms. The molecule has 0 saturated heterocycles. The quantitative estimate of drug-likeness (QED) is 0.249. The zero-order valence-electron chi connectivity index (χ0n) is 92.0. The fraction of sp³-hybridized carbons (Fsp3) is 1.00. The van der Waals surface area contributed by atoms with E-state index in [1.54, 1.807) is 20.8 Å². The molecule has 62 heavy (non-hydrogen) atoms. The molecule has 0 fully saturated rings. The Labute approximate surface area is 470 Å². The fourth-order valence-corrected chi connectivity index (χ4v) is 0.312. The van der Waals surface area contributed by atoms with Crippen LogP contribution in [-0.4, -0.2) is 0 Å². The molecule has 0 aliphatic carbocycles. The van der Waals surface area contributed by atoms with Crippen molar-refractivity contribution in [1.82, 2.24) is 0 Å². The van der Waals surface area contributed by atoms with E-state index in [0.717, 1.165) is 68.2 Å². The van der Waals surface area contributed by atoms with Crippen molar-refractivity contribution < 1.29 is 60.3 Å². The Balaban J connectivity index is -0.0000000928. The predicted molar refractivity (Wildman–Crippen MR) is 311 cm³/mol. The second-order valence-corrected chi connectivity index (χ2v) is 18.9. The summed E-state index contributed by atoms with van der Waals surface area (Å²) in [6.45, 7) is 32.8. The minimum atomic E-state index is -3.01. The summed E-state index contributed by atoms with van der Waals surface area (Å²) < 4.78 is 314. The molecule has 0 aromatic rings. The molecule has 0 aliphatic heterocycles. The Morgan fingerprint density at radius 3 is 0.645 bits per heavy atom. The summed E-state index contributed by atoms with van der Waals surface area (Å²) in [5.74, 6) is -4.65. The van der Waals surface area contributed by atoms with Crippen molar-refractivity contribution in [1.29, 1.82) is 0 Å². The molecule has 1 unspecified atom stereocenters. The number of hydrogen-bond acceptors (Lipinski definition) is 0. The van der Waals surface area contributed by atoms with Crippen molar-refractivity contribution in [3.05, 3.63) is 0 Å². The molecule has 0 spiro atoms. The number of hydrogen-bond donors (Lipinski definition) is 0. The largest absolute Gasteiger partial charge is 0.0683 e. The summed E-state index contributed by atoms with van der Waals surface area (Å²) >= 11 is 0. The van der Waals surface area contributed by atoms with Gasteiger partial charge in [0.1, 0.15) is 0 Å². The first-order valence-electron chi connectivity index (χ1n) is 43.8. The standard InChI is InChI=1S/6C6H14.4C5H12.C4H10.C2H6/c4*1-5-6(2,3)4;2*1-4-6(3)5-2;2*1-5(2,3)4;2*1-4-5(2)3;1-4(2)3;1-2/h4*5H2,1-4H3;2*6H,4-5H2,1-3H3;2*1-4H3;2*5H,4H2,1-3H3;4H,1-3H3;1-2H3/i2*2D3,3D3,5D2;2*5D2;1D3,4D2,5D2,6D;6D;1D3,2D3;;2D3,4D2,5D;4D2;4D;/t;;;;6-;;;;;;;/m....0......./s1. The van der Waals surface area contributed by atoms with Gasteiger partial charge >= 0.3 is 0 Å². The average Bonchev–Trinajstić information content (AvgIpc) is 0.750. The third kappa shape index (κ3) is 363. The Bertz CT molecular complexity index is 1960. The first-order valence-corrected chi connectivity index (χ1v) is 21.8. The van der Waals surface area contributed by atoms with Gasteiger partial charge in [0.2, 0.25) is 0 Å². The van der Waals surface area contributed by atoms with E-state index >= 15 is 0 Å². The molecule has 396 valence electrons. The van der Waals surface area contributed by atoms with Crippen LogP contribution in [0.1, 0.15) is 407 Å². The fourth-order valence-electron chi connectivity index (χ4n) is 0.312. The molecule has 0 aromatic carbocycles. The summed E-state index contributed by atoms with van der Waals surface area (Å²) in [7, 11) is 0. The van der Waals surface area contributed by atoms with Crippen LogP contribution in [0.5, 0.6) is 0 Å². The van der Waals surface area contributed by atoms with Crippen molar-refractivity contribution in [3.63, 3.8) is 0 Å². The summed E-state index contributed by atoms with van der Waals surface area (Å²) in [6, 6.07) is 0. The van der Waals surface area contributed by atoms with Crippen LogP contribution < -0.4 is 0 Å². The van der Waals surface area contributed by atoms with E-state index in [2.05, 4.69) is 41.5 Å². The smallest absolute Gasteiger partial charge is 0.0300 e. The van der Waals surface area contributed by atoms with Gasteiger partial charge in [-0.25, -0.2) is 0 Å². The highest BCUT2D eigenvalue weighted by Crippen LogP contribution is 2.18. The topological polar surface area (TPSA) is 0 Å². The first kappa shape index (κ1) is 26.1. The average molecular weight is 938 g/mol. The van der Waals surface area contributed by atoms with Gasteiger partial charge in [-0.15, -0.1) is 0 Å². The summed E-state index contributed by atoms with van der Waals surface area (Å²) in [6.07, 6.45) is -12.9. The second kappa shape index (κ2) is 59.0. The SMILES string of the molecule is CC.CC(C)(C)C.[2H]C(C)(C)C.[2H]C(C)(CC)CC.[2H]C([2H])(C)C(C)(C)C.[2H]C([2H])(C)C(C)(C)C.[2H]C([2H])(C)C(C)C.[2H]C([2H])([2H])C(C)(C([2H])([2H])[2H])C([2H])([2H])C.[2H]C([2H])([2H])C(C)(C([2H])([2H])[2H])C([2H])([2H])C.[2H]C([2H])([2H])C(C)(C)C([2H])([2H])[2H].[2H]C([2H])([2H])C([2H])(C)C([2H])([2H])C.[2H]C([2H])([2H])C([2H])([2H])[C@]([2H])(C)C([2H])([2H])C. The van der Waals surface area contributed by atoms with Crippen molar-refractivity contribution in [2.75, 3.05) is 0 Å². The minimum absolute atomic E-state index is 0.132. The zero-order valence-corrected chi connectivity index (χ0v) is 48.0. The van der Waals surface area contributed by atoms with Crippen LogP contribution in [-0.2, 0) is 0 Å². The van der Waals surface area contributed by atoms with E-state index in [9.17, 15) is 0 Å². The summed E-state index contributed by atoms with van der Waals surface area (Å²) in [4.78, 5) is 0. The van der Waals surface area contributed by atoms with E-state index < -0.39 is 134 Å². The van der Waals surface area contributed by atoms with Crippen LogP contribution in [0.2, 0.25) is 0 Å². The van der Waals surface area contributed by atoms with E-state index in [4.69, 9.17) is 60.3 Å². The summed E-state index contributed by atoms with van der Waals surface area (Å²) in [5, 5.41) is 0. The molecule has 0 heteroatoms. The molecule has 0 aromatic heterocycles. The summed E-state index contributed by atoms with van der Waals surface area (Å²) in [5.41, 5.74) is -6.29. The van der Waals surface area contributed by atoms with Crippen LogP contribution in [0, 0.1) is 62.0 Å². The molecule has 0 amide bonds. The monoisotopic (exact) mass is 937 g/mol. The molecular formula is C62H148. The highest BCUT2D eigenvalue weighted by atomic mass is 14.1. The van der Waals surface area contributed by atoms with Gasteiger partial charge < -0.3 is 0 Å². The van der Waals surface area contributed by atoms with Gasteiger partial charge in [-0.1, -0.05) is 347 Å². The van der Waals surface area contributed by atoms with E-state index in [1.807, 2.05) is 96.9 Å². The molecule has 0 aliphatic rings. The molecule has 0 saturated carbocycles. The lowest BCUT2D eigenvalue weighted by atomic mass is 9.94. The van der Waals surface area contributed by atoms with Gasteiger partial charge in [0.05, 0.1) is 0 Å². The highest BCUT2D eigenvalue weighted by molar-refractivity contribution is 4.57. The Kier molecular flexibility index (Phi) is 24.9. The molecule has 0 rings (SSSR count). The van der Waals surface area contributed by atoms with E-state index in [0.29, 0.717) is 5.41 Å². The maximum atomic E-state index is 7.53. The Morgan fingerprint density at radius 1 is 0.387 bits per heavy atom. The number of rotatable bonds is 6. The van der Waals surface area contributed by atoms with Crippen LogP contribution in [0.4, 0.5) is 0 Å². The van der Waals surface area contributed by atoms with Crippen molar-refractivity contribution >= 4 is 0 Å². The molecule has 0 radical (unpaired) electrons. The third-order valence-electron chi connectivity index (χ3n) is 5.22. The predicted octanol–water partition coefficient (Wildman–Crippen LogP) is 25.6. The van der Waals surface area contributed by atoms with Crippen LogP contribution >= 0.6 is 0 Å². The van der Waals surface area contributed by atoms with Gasteiger partial charge in [-0.2, -0.15) is 0 Å².